The number of hydrogen-bond donors (Lipinski definition) is 1. The van der Waals surface area contributed by atoms with Crippen LogP contribution in [-0.4, -0.2) is 22.4 Å². The van der Waals surface area contributed by atoms with Crippen LogP contribution < -0.4 is 9.47 Å². The summed E-state index contributed by atoms with van der Waals surface area (Å²) in [5.41, 5.74) is 0.643. The van der Waals surface area contributed by atoms with Crippen molar-refractivity contribution in [2.24, 2.45) is 0 Å². The van der Waals surface area contributed by atoms with Crippen LogP contribution in [0.3, 0.4) is 0 Å². The zero-order chi connectivity index (χ0) is 13.8. The van der Waals surface area contributed by atoms with E-state index in [-0.39, 0.29) is 13.2 Å². The molecule has 0 bridgehead atoms. The number of ether oxygens (including phenoxy) is 2. The van der Waals surface area contributed by atoms with Crippen molar-refractivity contribution in [1.82, 2.24) is 10.1 Å². The van der Waals surface area contributed by atoms with Gasteiger partial charge < -0.3 is 19.1 Å². The summed E-state index contributed by atoms with van der Waals surface area (Å²) >= 11 is 6.08. The lowest BCUT2D eigenvalue weighted by molar-refractivity contribution is 0.265. The van der Waals surface area contributed by atoms with Crippen molar-refractivity contribution in [2.75, 3.05) is 7.11 Å². The summed E-state index contributed by atoms with van der Waals surface area (Å²) in [6.45, 7) is 1.69. The fraction of sp³-hybridized carbons (Fsp3) is 0.333. The van der Waals surface area contributed by atoms with Crippen LogP contribution in [0.15, 0.2) is 16.7 Å². The van der Waals surface area contributed by atoms with Gasteiger partial charge in [0.05, 0.1) is 18.7 Å². The summed E-state index contributed by atoms with van der Waals surface area (Å²) in [5, 5.41) is 13.2. The van der Waals surface area contributed by atoms with Gasteiger partial charge in [-0.25, -0.2) is 0 Å². The maximum Gasteiger partial charge on any atom is 0.223 e. The number of benzene rings is 1. The summed E-state index contributed by atoms with van der Waals surface area (Å²) < 4.78 is 15.5. The van der Waals surface area contributed by atoms with Gasteiger partial charge in [-0.1, -0.05) is 16.8 Å². The largest absolute Gasteiger partial charge is 0.493 e. The van der Waals surface area contributed by atoms with E-state index in [0.29, 0.717) is 33.8 Å². The third-order valence-electron chi connectivity index (χ3n) is 2.39. The number of methoxy groups -OCH3 is 1. The molecule has 102 valence electrons. The molecule has 0 radical (unpaired) electrons. The molecule has 0 aliphatic carbocycles. The van der Waals surface area contributed by atoms with Gasteiger partial charge in [-0.15, -0.1) is 0 Å². The average Bonchev–Trinajstić information content (AvgIpc) is 2.82. The molecule has 2 aromatic rings. The van der Waals surface area contributed by atoms with Crippen LogP contribution in [0.25, 0.3) is 0 Å². The second-order valence-corrected chi connectivity index (χ2v) is 4.19. The molecule has 0 amide bonds. The minimum atomic E-state index is -0.125. The zero-order valence-corrected chi connectivity index (χ0v) is 11.3. The molecule has 0 aliphatic heterocycles. The topological polar surface area (TPSA) is 77.6 Å². The number of aromatic nitrogens is 2. The fourth-order valence-electron chi connectivity index (χ4n) is 1.54. The van der Waals surface area contributed by atoms with Crippen molar-refractivity contribution in [3.8, 4) is 11.5 Å². The van der Waals surface area contributed by atoms with E-state index in [1.165, 1.54) is 7.11 Å². The number of halogens is 1. The van der Waals surface area contributed by atoms with Gasteiger partial charge >= 0.3 is 0 Å². The number of hydrogen-bond acceptors (Lipinski definition) is 6. The Balaban J connectivity index is 2.19. The number of aliphatic hydroxyl groups excluding tert-OH is 1. The molecule has 1 aromatic heterocycles. The molecule has 6 nitrogen and oxygen atoms in total. The van der Waals surface area contributed by atoms with Crippen molar-refractivity contribution in [1.29, 1.82) is 0 Å². The van der Waals surface area contributed by atoms with Crippen LogP contribution in [0.2, 0.25) is 5.02 Å². The molecule has 0 aliphatic rings. The third kappa shape index (κ3) is 3.15. The minimum absolute atomic E-state index is 0.117. The van der Waals surface area contributed by atoms with Crippen LogP contribution in [0.4, 0.5) is 0 Å². The SMILES string of the molecule is COc1cc(CO)cc(Cl)c1OCc1noc(C)n1. The van der Waals surface area contributed by atoms with Crippen molar-refractivity contribution in [2.45, 2.75) is 20.1 Å². The number of aliphatic hydroxyl groups is 1. The molecule has 1 aromatic carbocycles. The van der Waals surface area contributed by atoms with E-state index in [4.69, 9.17) is 30.7 Å². The first-order valence-corrected chi connectivity index (χ1v) is 5.91. The van der Waals surface area contributed by atoms with E-state index in [1.807, 2.05) is 0 Å². The fourth-order valence-corrected chi connectivity index (χ4v) is 1.83. The van der Waals surface area contributed by atoms with E-state index in [1.54, 1.807) is 19.1 Å². The van der Waals surface area contributed by atoms with Gasteiger partial charge in [0, 0.05) is 6.92 Å². The molecule has 1 heterocycles. The molecule has 0 fully saturated rings. The highest BCUT2D eigenvalue weighted by Gasteiger charge is 2.13. The zero-order valence-electron chi connectivity index (χ0n) is 10.5. The van der Waals surface area contributed by atoms with E-state index < -0.39 is 0 Å². The maximum absolute atomic E-state index is 9.10. The van der Waals surface area contributed by atoms with Gasteiger partial charge in [-0.05, 0) is 17.7 Å². The highest BCUT2D eigenvalue weighted by molar-refractivity contribution is 6.32. The van der Waals surface area contributed by atoms with Crippen molar-refractivity contribution >= 4 is 11.6 Å². The third-order valence-corrected chi connectivity index (χ3v) is 2.67. The molecule has 2 rings (SSSR count). The molecule has 0 saturated carbocycles. The van der Waals surface area contributed by atoms with E-state index >= 15 is 0 Å². The predicted octanol–water partition coefficient (Wildman–Crippen LogP) is 2.11. The highest BCUT2D eigenvalue weighted by Crippen LogP contribution is 2.36. The van der Waals surface area contributed by atoms with E-state index in [9.17, 15) is 0 Å². The minimum Gasteiger partial charge on any atom is -0.493 e. The number of rotatable bonds is 5. The Bertz CT molecular complexity index is 571. The Labute approximate surface area is 114 Å². The maximum atomic E-state index is 9.10. The molecule has 1 N–H and O–H groups in total. The molecule has 0 unspecified atom stereocenters. The van der Waals surface area contributed by atoms with Gasteiger partial charge in [0.15, 0.2) is 18.1 Å². The van der Waals surface area contributed by atoms with Crippen molar-refractivity contribution < 1.29 is 19.1 Å². The Morgan fingerprint density at radius 3 is 2.79 bits per heavy atom. The summed E-state index contributed by atoms with van der Waals surface area (Å²) in [7, 11) is 1.50. The molecule has 0 spiro atoms. The van der Waals surface area contributed by atoms with E-state index in [2.05, 4.69) is 10.1 Å². The first kappa shape index (κ1) is 13.6. The highest BCUT2D eigenvalue weighted by atomic mass is 35.5. The standard InChI is InChI=1S/C12H13ClN2O4/c1-7-14-11(15-19-7)6-18-12-9(13)3-8(5-16)4-10(12)17-2/h3-4,16H,5-6H2,1-2H3. The quantitative estimate of drug-likeness (QED) is 0.906. The van der Waals surface area contributed by atoms with Crippen molar-refractivity contribution in [3.05, 3.63) is 34.4 Å². The lowest BCUT2D eigenvalue weighted by Gasteiger charge is -2.12. The van der Waals surface area contributed by atoms with Crippen LogP contribution in [0.1, 0.15) is 17.3 Å². The Hall–Kier alpha value is -1.79. The predicted molar refractivity (Wildman–Crippen MR) is 67.3 cm³/mol. The van der Waals surface area contributed by atoms with Crippen LogP contribution in [0, 0.1) is 6.92 Å². The van der Waals surface area contributed by atoms with Crippen LogP contribution in [0.5, 0.6) is 11.5 Å². The van der Waals surface area contributed by atoms with E-state index in [0.717, 1.165) is 0 Å². The average molecular weight is 285 g/mol. The first-order chi connectivity index (χ1) is 9.13. The lowest BCUT2D eigenvalue weighted by atomic mass is 10.2. The molecule has 7 heteroatoms. The molecule has 19 heavy (non-hydrogen) atoms. The van der Waals surface area contributed by atoms with Crippen LogP contribution >= 0.6 is 11.6 Å². The second-order valence-electron chi connectivity index (χ2n) is 3.79. The Kier molecular flexibility index (Phi) is 4.24. The van der Waals surface area contributed by atoms with Gasteiger partial charge in [0.1, 0.15) is 0 Å². The van der Waals surface area contributed by atoms with Crippen LogP contribution in [-0.2, 0) is 13.2 Å². The number of aryl methyl sites for hydroxylation is 1. The van der Waals surface area contributed by atoms with Gasteiger partial charge in [-0.3, -0.25) is 0 Å². The summed E-state index contributed by atoms with van der Waals surface area (Å²) in [6.07, 6.45) is 0. The first-order valence-electron chi connectivity index (χ1n) is 5.53. The van der Waals surface area contributed by atoms with Crippen molar-refractivity contribution in [3.63, 3.8) is 0 Å². The van der Waals surface area contributed by atoms with Gasteiger partial charge in [-0.2, -0.15) is 4.98 Å². The summed E-state index contributed by atoms with van der Waals surface area (Å²) in [4.78, 5) is 4.02. The lowest BCUT2D eigenvalue weighted by Crippen LogP contribution is -2.01. The normalized spacial score (nSPS) is 10.5. The second kappa shape index (κ2) is 5.90. The molecular weight excluding hydrogens is 272 g/mol. The Morgan fingerprint density at radius 2 is 2.21 bits per heavy atom. The summed E-state index contributed by atoms with van der Waals surface area (Å²) in [5.74, 6) is 1.70. The summed E-state index contributed by atoms with van der Waals surface area (Å²) in [6, 6.07) is 3.27. The van der Waals surface area contributed by atoms with Gasteiger partial charge in [0.25, 0.3) is 0 Å². The van der Waals surface area contributed by atoms with Gasteiger partial charge in [0.2, 0.25) is 11.7 Å². The number of nitrogens with zero attached hydrogens (tertiary/aromatic N) is 2. The molecule has 0 atom stereocenters. The molecule has 0 saturated heterocycles. The molecular formula is C12H13ClN2O4. The monoisotopic (exact) mass is 284 g/mol. The Morgan fingerprint density at radius 1 is 1.42 bits per heavy atom. The smallest absolute Gasteiger partial charge is 0.223 e.